The summed E-state index contributed by atoms with van der Waals surface area (Å²) in [5.41, 5.74) is 7.63. The van der Waals surface area contributed by atoms with Crippen LogP contribution >= 0.6 is 15.9 Å². The lowest BCUT2D eigenvalue weighted by molar-refractivity contribution is 0.547. The van der Waals surface area contributed by atoms with Gasteiger partial charge < -0.3 is 5.73 Å². The van der Waals surface area contributed by atoms with Crippen molar-refractivity contribution in [3.8, 4) is 11.3 Å². The highest BCUT2D eigenvalue weighted by Gasteiger charge is 2.19. The van der Waals surface area contributed by atoms with Gasteiger partial charge in [-0.3, -0.25) is 0 Å². The van der Waals surface area contributed by atoms with E-state index in [-0.39, 0.29) is 5.41 Å². The van der Waals surface area contributed by atoms with Crippen molar-refractivity contribution in [1.82, 2.24) is 9.97 Å². The predicted octanol–water partition coefficient (Wildman–Crippen LogP) is 3.79. The van der Waals surface area contributed by atoms with Crippen molar-refractivity contribution in [3.05, 3.63) is 40.6 Å². The number of rotatable bonds is 1. The Hall–Kier alpha value is -1.42. The zero-order chi connectivity index (χ0) is 13.3. The molecule has 0 spiro atoms. The molecule has 0 aliphatic carbocycles. The van der Waals surface area contributed by atoms with Gasteiger partial charge in [0.25, 0.3) is 0 Å². The van der Waals surface area contributed by atoms with Gasteiger partial charge in [-0.05, 0) is 6.07 Å². The van der Waals surface area contributed by atoms with Crippen LogP contribution in [0.1, 0.15) is 26.6 Å². The maximum absolute atomic E-state index is 5.88. The van der Waals surface area contributed by atoms with Crippen LogP contribution in [0.15, 0.2) is 34.8 Å². The van der Waals surface area contributed by atoms with E-state index in [9.17, 15) is 0 Å². The Balaban J connectivity index is 2.60. The number of nitrogens with zero attached hydrogens (tertiary/aromatic N) is 2. The highest BCUT2D eigenvalue weighted by atomic mass is 79.9. The molecule has 0 saturated carbocycles. The molecule has 0 unspecified atom stereocenters. The van der Waals surface area contributed by atoms with Crippen LogP contribution in [0, 0.1) is 0 Å². The van der Waals surface area contributed by atoms with Crippen LogP contribution in [0.5, 0.6) is 0 Å². The molecule has 0 saturated heterocycles. The molecule has 0 atom stereocenters. The summed E-state index contributed by atoms with van der Waals surface area (Å²) >= 11 is 3.53. The van der Waals surface area contributed by atoms with Crippen molar-refractivity contribution in [3.63, 3.8) is 0 Å². The van der Waals surface area contributed by atoms with Crippen molar-refractivity contribution in [2.24, 2.45) is 0 Å². The van der Waals surface area contributed by atoms with Gasteiger partial charge in [0.1, 0.15) is 11.6 Å². The zero-order valence-corrected chi connectivity index (χ0v) is 12.3. The van der Waals surface area contributed by atoms with Crippen LogP contribution in [-0.4, -0.2) is 9.97 Å². The number of halogens is 1. The summed E-state index contributed by atoms with van der Waals surface area (Å²) in [4.78, 5) is 8.93. The Morgan fingerprint density at radius 2 is 1.78 bits per heavy atom. The first kappa shape index (κ1) is 13.0. The maximum Gasteiger partial charge on any atom is 0.136 e. The van der Waals surface area contributed by atoms with Gasteiger partial charge in [0, 0.05) is 21.5 Å². The van der Waals surface area contributed by atoms with Gasteiger partial charge in [-0.15, -0.1) is 0 Å². The van der Waals surface area contributed by atoms with Crippen LogP contribution in [-0.2, 0) is 5.41 Å². The number of benzene rings is 1. The Bertz CT molecular complexity index is 573. The van der Waals surface area contributed by atoms with Crippen molar-refractivity contribution in [2.75, 3.05) is 5.73 Å². The molecule has 0 radical (unpaired) electrons. The smallest absolute Gasteiger partial charge is 0.136 e. The fraction of sp³-hybridized carbons (Fsp3) is 0.286. The highest BCUT2D eigenvalue weighted by molar-refractivity contribution is 9.10. The van der Waals surface area contributed by atoms with Gasteiger partial charge in [0.2, 0.25) is 0 Å². The number of hydrogen-bond donors (Lipinski definition) is 1. The molecule has 2 rings (SSSR count). The maximum atomic E-state index is 5.88. The summed E-state index contributed by atoms with van der Waals surface area (Å²) < 4.78 is 1.00. The number of hydrogen-bond acceptors (Lipinski definition) is 3. The summed E-state index contributed by atoms with van der Waals surface area (Å²) in [5.74, 6) is 1.26. The average molecular weight is 306 g/mol. The monoisotopic (exact) mass is 305 g/mol. The van der Waals surface area contributed by atoms with Crippen molar-refractivity contribution in [1.29, 1.82) is 0 Å². The Kier molecular flexibility index (Phi) is 3.39. The number of nitrogen functional groups attached to an aromatic ring is 1. The molecule has 94 valence electrons. The van der Waals surface area contributed by atoms with Crippen molar-refractivity contribution < 1.29 is 0 Å². The van der Waals surface area contributed by atoms with Crippen molar-refractivity contribution in [2.45, 2.75) is 26.2 Å². The molecule has 2 N–H and O–H groups in total. The normalized spacial score (nSPS) is 11.6. The standard InChI is InChI=1S/C14H16BrN3/c1-14(2,3)13-17-11(8-12(16)18-13)9-6-4-5-7-10(9)15/h4-8H,1-3H3,(H2,16,17,18). The molecule has 2 aromatic rings. The molecule has 0 bridgehead atoms. The first-order valence-electron chi connectivity index (χ1n) is 5.78. The van der Waals surface area contributed by atoms with E-state index in [1.807, 2.05) is 24.3 Å². The lowest BCUT2D eigenvalue weighted by Gasteiger charge is -2.18. The molecule has 0 fully saturated rings. The molecule has 4 heteroatoms. The molecule has 18 heavy (non-hydrogen) atoms. The minimum atomic E-state index is -0.120. The van der Waals surface area contributed by atoms with Gasteiger partial charge >= 0.3 is 0 Å². The summed E-state index contributed by atoms with van der Waals surface area (Å²) in [6.07, 6.45) is 0. The lowest BCUT2D eigenvalue weighted by Crippen LogP contribution is -2.17. The van der Waals surface area contributed by atoms with Gasteiger partial charge in [-0.25, -0.2) is 9.97 Å². The van der Waals surface area contributed by atoms with Gasteiger partial charge in [-0.1, -0.05) is 54.9 Å². The first-order chi connectivity index (χ1) is 8.38. The summed E-state index contributed by atoms with van der Waals surface area (Å²) in [6.45, 7) is 6.22. The second-order valence-electron chi connectivity index (χ2n) is 5.23. The second-order valence-corrected chi connectivity index (χ2v) is 6.09. The predicted molar refractivity (Wildman–Crippen MR) is 78.3 cm³/mol. The van der Waals surface area contributed by atoms with E-state index in [2.05, 4.69) is 46.7 Å². The summed E-state index contributed by atoms with van der Waals surface area (Å²) in [5, 5.41) is 0. The average Bonchev–Trinajstić information content (AvgIpc) is 2.27. The Morgan fingerprint density at radius 1 is 1.11 bits per heavy atom. The van der Waals surface area contributed by atoms with Crippen molar-refractivity contribution >= 4 is 21.7 Å². The third kappa shape index (κ3) is 2.70. The second kappa shape index (κ2) is 4.69. The molecule has 0 aliphatic rings. The van der Waals surface area contributed by atoms with E-state index in [4.69, 9.17) is 5.73 Å². The molecule has 1 aromatic heterocycles. The van der Waals surface area contributed by atoms with Crippen LogP contribution < -0.4 is 5.73 Å². The SMILES string of the molecule is CC(C)(C)c1nc(N)cc(-c2ccccc2Br)n1. The minimum Gasteiger partial charge on any atom is -0.384 e. The third-order valence-corrected chi connectivity index (χ3v) is 3.26. The zero-order valence-electron chi connectivity index (χ0n) is 10.7. The van der Waals surface area contributed by atoms with E-state index >= 15 is 0 Å². The molecule has 1 aromatic carbocycles. The minimum absolute atomic E-state index is 0.120. The van der Waals surface area contributed by atoms with Gasteiger partial charge in [0.05, 0.1) is 5.69 Å². The summed E-state index contributed by atoms with van der Waals surface area (Å²) in [7, 11) is 0. The number of aromatic nitrogens is 2. The molecule has 1 heterocycles. The van der Waals surface area contributed by atoms with Crippen LogP contribution in [0.4, 0.5) is 5.82 Å². The fourth-order valence-corrected chi connectivity index (χ4v) is 2.10. The largest absolute Gasteiger partial charge is 0.384 e. The topological polar surface area (TPSA) is 51.8 Å². The Morgan fingerprint density at radius 3 is 2.39 bits per heavy atom. The highest BCUT2D eigenvalue weighted by Crippen LogP contribution is 2.29. The molecule has 3 nitrogen and oxygen atoms in total. The Labute approximate surface area is 116 Å². The number of nitrogens with two attached hydrogens (primary N) is 1. The lowest BCUT2D eigenvalue weighted by atomic mass is 9.95. The van der Waals surface area contributed by atoms with Gasteiger partial charge in [-0.2, -0.15) is 0 Å². The van der Waals surface area contributed by atoms with Crippen LogP contribution in [0.2, 0.25) is 0 Å². The first-order valence-corrected chi connectivity index (χ1v) is 6.57. The van der Waals surface area contributed by atoms with E-state index in [1.165, 1.54) is 0 Å². The van der Waals surface area contributed by atoms with E-state index in [0.717, 1.165) is 21.6 Å². The van der Waals surface area contributed by atoms with Gasteiger partial charge in [0.15, 0.2) is 0 Å². The van der Waals surface area contributed by atoms with Crippen LogP contribution in [0.3, 0.4) is 0 Å². The molecular formula is C14H16BrN3. The van der Waals surface area contributed by atoms with E-state index in [0.29, 0.717) is 5.82 Å². The third-order valence-electron chi connectivity index (χ3n) is 2.57. The summed E-state index contributed by atoms with van der Waals surface area (Å²) in [6, 6.07) is 9.76. The molecule has 0 amide bonds. The number of anilines is 1. The molecular weight excluding hydrogens is 290 g/mol. The fourth-order valence-electron chi connectivity index (χ4n) is 1.61. The van der Waals surface area contributed by atoms with E-state index < -0.39 is 0 Å². The molecule has 0 aliphatic heterocycles. The quantitative estimate of drug-likeness (QED) is 0.872. The van der Waals surface area contributed by atoms with Crippen LogP contribution in [0.25, 0.3) is 11.3 Å². The van der Waals surface area contributed by atoms with E-state index in [1.54, 1.807) is 6.07 Å².